The lowest BCUT2D eigenvalue weighted by Gasteiger charge is -2.10. The van der Waals surface area contributed by atoms with Gasteiger partial charge in [0.2, 0.25) is 0 Å². The molecule has 1 unspecified atom stereocenters. The Morgan fingerprint density at radius 1 is 1.32 bits per heavy atom. The van der Waals surface area contributed by atoms with Crippen molar-refractivity contribution in [3.63, 3.8) is 0 Å². The van der Waals surface area contributed by atoms with Crippen molar-refractivity contribution in [2.24, 2.45) is 0 Å². The van der Waals surface area contributed by atoms with E-state index in [1.54, 1.807) is 0 Å². The lowest BCUT2D eigenvalue weighted by molar-refractivity contribution is -0.136. The van der Waals surface area contributed by atoms with E-state index in [9.17, 15) is 4.79 Å². The predicted molar refractivity (Wildman–Crippen MR) is 73.1 cm³/mol. The Morgan fingerprint density at radius 3 is 2.68 bits per heavy atom. The van der Waals surface area contributed by atoms with E-state index < -0.39 is 5.97 Å². The normalized spacial score (nSPS) is 18.6. The van der Waals surface area contributed by atoms with Crippen molar-refractivity contribution in [3.05, 3.63) is 35.4 Å². The first-order valence-electron chi connectivity index (χ1n) is 6.86. The number of hydrogen-bond donors (Lipinski definition) is 2. The molecule has 1 heterocycles. The summed E-state index contributed by atoms with van der Waals surface area (Å²) in [6.07, 6.45) is 3.97. The Hall–Kier alpha value is -1.39. The fraction of sp³-hybridized carbons (Fsp3) is 0.533. The van der Waals surface area contributed by atoms with Crippen molar-refractivity contribution in [1.82, 2.24) is 5.32 Å². The Labute approximate surface area is 113 Å². The van der Waals surface area contributed by atoms with Crippen LogP contribution in [0.25, 0.3) is 0 Å². The molecule has 1 saturated heterocycles. The van der Waals surface area contributed by atoms with Crippen LogP contribution in [0, 0.1) is 0 Å². The number of carboxylic acid groups (broad SMARTS) is 1. The summed E-state index contributed by atoms with van der Waals surface area (Å²) in [4.78, 5) is 10.6. The molecule has 0 saturated carbocycles. The summed E-state index contributed by atoms with van der Waals surface area (Å²) in [5.41, 5.74) is 2.03. The van der Waals surface area contributed by atoms with Crippen molar-refractivity contribution in [2.75, 3.05) is 13.2 Å². The summed E-state index contributed by atoms with van der Waals surface area (Å²) >= 11 is 0. The third-order valence-electron chi connectivity index (χ3n) is 3.37. The molecule has 0 amide bonds. The molecule has 0 radical (unpaired) electrons. The Kier molecular flexibility index (Phi) is 5.36. The number of hydrogen-bond acceptors (Lipinski definition) is 3. The van der Waals surface area contributed by atoms with Gasteiger partial charge in [-0.2, -0.15) is 0 Å². The summed E-state index contributed by atoms with van der Waals surface area (Å²) in [6, 6.07) is 7.73. The highest BCUT2D eigenvalue weighted by Gasteiger charge is 2.14. The summed E-state index contributed by atoms with van der Waals surface area (Å²) in [5, 5.41) is 12.1. The second-order valence-corrected chi connectivity index (χ2v) is 4.99. The minimum absolute atomic E-state index is 0.0900. The van der Waals surface area contributed by atoms with Crippen LogP contribution in [0.5, 0.6) is 0 Å². The van der Waals surface area contributed by atoms with Gasteiger partial charge in [0, 0.05) is 13.2 Å². The number of rotatable bonds is 7. The molecule has 104 valence electrons. The second kappa shape index (κ2) is 7.26. The van der Waals surface area contributed by atoms with E-state index in [-0.39, 0.29) is 6.42 Å². The highest BCUT2D eigenvalue weighted by atomic mass is 16.5. The quantitative estimate of drug-likeness (QED) is 0.738. The summed E-state index contributed by atoms with van der Waals surface area (Å²) < 4.78 is 5.56. The van der Waals surface area contributed by atoms with Crippen molar-refractivity contribution in [1.29, 1.82) is 0 Å². The first-order valence-corrected chi connectivity index (χ1v) is 6.86. The van der Waals surface area contributed by atoms with Gasteiger partial charge in [0.05, 0.1) is 12.5 Å². The van der Waals surface area contributed by atoms with Gasteiger partial charge in [-0.25, -0.2) is 0 Å². The fourth-order valence-corrected chi connectivity index (χ4v) is 2.32. The van der Waals surface area contributed by atoms with Crippen molar-refractivity contribution >= 4 is 5.97 Å². The zero-order valence-corrected chi connectivity index (χ0v) is 11.1. The van der Waals surface area contributed by atoms with Crippen molar-refractivity contribution in [3.8, 4) is 0 Å². The van der Waals surface area contributed by atoms with Gasteiger partial charge in [-0.1, -0.05) is 24.3 Å². The van der Waals surface area contributed by atoms with Crippen LogP contribution >= 0.6 is 0 Å². The molecule has 1 atom stereocenters. The zero-order valence-electron chi connectivity index (χ0n) is 11.1. The molecule has 1 aromatic carbocycles. The first kappa shape index (κ1) is 14.0. The monoisotopic (exact) mass is 263 g/mol. The average molecular weight is 263 g/mol. The zero-order chi connectivity index (χ0) is 13.5. The van der Waals surface area contributed by atoms with Crippen molar-refractivity contribution in [2.45, 2.75) is 38.3 Å². The smallest absolute Gasteiger partial charge is 0.307 e. The molecular formula is C15H21NO3. The molecule has 0 aromatic heterocycles. The molecule has 1 aliphatic rings. The number of carboxylic acids is 1. The van der Waals surface area contributed by atoms with Crippen LogP contribution in [0.2, 0.25) is 0 Å². The van der Waals surface area contributed by atoms with Gasteiger partial charge in [0.15, 0.2) is 0 Å². The molecule has 4 heteroatoms. The molecule has 19 heavy (non-hydrogen) atoms. The highest BCUT2D eigenvalue weighted by molar-refractivity contribution is 5.70. The van der Waals surface area contributed by atoms with Gasteiger partial charge >= 0.3 is 5.97 Å². The number of nitrogens with one attached hydrogen (secondary N) is 1. The molecule has 1 aliphatic heterocycles. The van der Waals surface area contributed by atoms with E-state index in [0.29, 0.717) is 6.10 Å². The fourth-order valence-electron chi connectivity index (χ4n) is 2.32. The minimum Gasteiger partial charge on any atom is -0.481 e. The number of carbonyl (C=O) groups is 1. The second-order valence-electron chi connectivity index (χ2n) is 4.99. The lowest BCUT2D eigenvalue weighted by Crippen LogP contribution is -2.19. The molecule has 0 spiro atoms. The van der Waals surface area contributed by atoms with E-state index in [4.69, 9.17) is 9.84 Å². The van der Waals surface area contributed by atoms with E-state index in [0.717, 1.165) is 31.7 Å². The third-order valence-corrected chi connectivity index (χ3v) is 3.37. The van der Waals surface area contributed by atoms with E-state index in [1.807, 2.05) is 24.3 Å². The average Bonchev–Trinajstić information content (AvgIpc) is 2.89. The highest BCUT2D eigenvalue weighted by Crippen LogP contribution is 2.14. The van der Waals surface area contributed by atoms with E-state index in [1.165, 1.54) is 18.4 Å². The van der Waals surface area contributed by atoms with Crippen LogP contribution in [0.4, 0.5) is 0 Å². The summed E-state index contributed by atoms with van der Waals surface area (Å²) in [5.74, 6) is -0.789. The maximum absolute atomic E-state index is 10.6. The van der Waals surface area contributed by atoms with Gasteiger partial charge in [-0.3, -0.25) is 4.79 Å². The van der Waals surface area contributed by atoms with Gasteiger partial charge in [0.25, 0.3) is 0 Å². The lowest BCUT2D eigenvalue weighted by atomic mass is 10.1. The van der Waals surface area contributed by atoms with Crippen LogP contribution in [0.15, 0.2) is 24.3 Å². The largest absolute Gasteiger partial charge is 0.481 e. The number of aliphatic carboxylic acids is 1. The summed E-state index contributed by atoms with van der Waals surface area (Å²) in [7, 11) is 0. The topological polar surface area (TPSA) is 58.6 Å². The third kappa shape index (κ3) is 5.01. The number of ether oxygens (including phenoxy) is 1. The minimum atomic E-state index is -0.789. The van der Waals surface area contributed by atoms with Gasteiger partial charge < -0.3 is 15.2 Å². The van der Waals surface area contributed by atoms with Crippen LogP contribution in [0.1, 0.15) is 30.4 Å². The SMILES string of the molecule is O=C(O)Cc1ccc(CNCCC2CCCO2)cc1. The Morgan fingerprint density at radius 2 is 2.05 bits per heavy atom. The van der Waals surface area contributed by atoms with Crippen molar-refractivity contribution < 1.29 is 14.6 Å². The first-order chi connectivity index (χ1) is 9.24. The predicted octanol–water partition coefficient (Wildman–Crippen LogP) is 1.97. The van der Waals surface area contributed by atoms with Gasteiger partial charge in [-0.15, -0.1) is 0 Å². The Balaban J connectivity index is 1.66. The molecule has 2 rings (SSSR count). The molecule has 0 aliphatic carbocycles. The maximum atomic E-state index is 10.6. The Bertz CT molecular complexity index is 396. The van der Waals surface area contributed by atoms with Crippen LogP contribution in [-0.4, -0.2) is 30.3 Å². The molecule has 4 nitrogen and oxygen atoms in total. The molecule has 0 bridgehead atoms. The summed E-state index contributed by atoms with van der Waals surface area (Å²) in [6.45, 7) is 2.69. The van der Waals surface area contributed by atoms with Crippen LogP contribution < -0.4 is 5.32 Å². The molecule has 1 fully saturated rings. The van der Waals surface area contributed by atoms with E-state index >= 15 is 0 Å². The number of benzene rings is 1. The standard InChI is InChI=1S/C15H21NO3/c17-15(18)10-12-3-5-13(6-4-12)11-16-8-7-14-2-1-9-19-14/h3-6,14,16H,1-2,7-11H2,(H,17,18). The van der Waals surface area contributed by atoms with Gasteiger partial charge in [0.1, 0.15) is 0 Å². The van der Waals surface area contributed by atoms with Crippen LogP contribution in [-0.2, 0) is 22.5 Å². The van der Waals surface area contributed by atoms with E-state index in [2.05, 4.69) is 5.32 Å². The maximum Gasteiger partial charge on any atom is 0.307 e. The van der Waals surface area contributed by atoms with Crippen LogP contribution in [0.3, 0.4) is 0 Å². The van der Waals surface area contributed by atoms with Gasteiger partial charge in [-0.05, 0) is 36.9 Å². The molecule has 2 N–H and O–H groups in total. The molecular weight excluding hydrogens is 242 g/mol. The molecule has 1 aromatic rings.